The second-order valence-corrected chi connectivity index (χ2v) is 3.47. The number of nitrogens with zero attached hydrogens (tertiary/aromatic N) is 2. The first kappa shape index (κ1) is 12.0. The second kappa shape index (κ2) is 5.14. The van der Waals surface area contributed by atoms with Crippen LogP contribution in [0.2, 0.25) is 5.02 Å². The average Bonchev–Trinajstić information content (AvgIpc) is 2.45. The maximum absolute atomic E-state index is 10.8. The Balaban J connectivity index is 2.69. The summed E-state index contributed by atoms with van der Waals surface area (Å²) in [6, 6.07) is 0. The van der Waals surface area contributed by atoms with E-state index >= 15 is 0 Å². The van der Waals surface area contributed by atoms with Crippen LogP contribution in [-0.4, -0.2) is 33.6 Å². The number of aromatic nitrogens is 2. The van der Waals surface area contributed by atoms with Gasteiger partial charge < -0.3 is 9.84 Å². The Kier molecular flexibility index (Phi) is 4.11. The van der Waals surface area contributed by atoms with Crippen LogP contribution in [0.5, 0.6) is 0 Å². The Hall–Kier alpha value is -1.07. The zero-order valence-electron chi connectivity index (χ0n) is 8.61. The van der Waals surface area contributed by atoms with Crippen LogP contribution in [0.25, 0.3) is 0 Å². The Morgan fingerprint density at radius 1 is 1.80 bits per heavy atom. The summed E-state index contributed by atoms with van der Waals surface area (Å²) >= 11 is 5.80. The summed E-state index contributed by atoms with van der Waals surface area (Å²) in [6.45, 7) is 4.02. The first-order chi connectivity index (χ1) is 7.04. The van der Waals surface area contributed by atoms with Crippen molar-refractivity contribution in [3.8, 4) is 0 Å². The summed E-state index contributed by atoms with van der Waals surface area (Å²) in [6.07, 6.45) is 0.705. The molecule has 0 amide bonds. The van der Waals surface area contributed by atoms with Gasteiger partial charge in [0.2, 0.25) is 0 Å². The maximum Gasteiger partial charge on any atom is 0.334 e. The molecule has 1 atom stereocenters. The monoisotopic (exact) mass is 232 g/mol. The first-order valence-electron chi connectivity index (χ1n) is 4.58. The molecule has 1 rings (SSSR count). The Labute approximate surface area is 92.6 Å². The first-order valence-corrected chi connectivity index (χ1v) is 4.96. The molecule has 0 aliphatic carbocycles. The molecule has 0 saturated heterocycles. The minimum atomic E-state index is -0.999. The normalized spacial score (nSPS) is 12.7. The molecule has 0 spiro atoms. The van der Waals surface area contributed by atoms with Gasteiger partial charge in [-0.1, -0.05) is 11.6 Å². The molecule has 5 nitrogen and oxygen atoms in total. The van der Waals surface area contributed by atoms with E-state index in [1.807, 2.05) is 0 Å². The van der Waals surface area contributed by atoms with Crippen LogP contribution in [0, 0.1) is 6.92 Å². The molecule has 0 bridgehead atoms. The van der Waals surface area contributed by atoms with Gasteiger partial charge in [-0.3, -0.25) is 4.68 Å². The molecule has 15 heavy (non-hydrogen) atoms. The second-order valence-electron chi connectivity index (χ2n) is 3.07. The van der Waals surface area contributed by atoms with Crippen molar-refractivity contribution in [3.63, 3.8) is 0 Å². The van der Waals surface area contributed by atoms with Crippen LogP contribution in [-0.2, 0) is 16.1 Å². The van der Waals surface area contributed by atoms with Crippen molar-refractivity contribution in [2.75, 3.05) is 6.61 Å². The van der Waals surface area contributed by atoms with Crippen LogP contribution < -0.4 is 0 Å². The Morgan fingerprint density at radius 3 is 2.87 bits per heavy atom. The lowest BCUT2D eigenvalue weighted by Gasteiger charge is -2.11. The lowest BCUT2D eigenvalue weighted by Crippen LogP contribution is -2.29. The summed E-state index contributed by atoms with van der Waals surface area (Å²) in [5.74, 6) is -0.999. The van der Waals surface area contributed by atoms with Crippen molar-refractivity contribution < 1.29 is 14.6 Å². The molecule has 0 aliphatic heterocycles. The van der Waals surface area contributed by atoms with Crippen molar-refractivity contribution in [2.45, 2.75) is 26.5 Å². The maximum atomic E-state index is 10.8. The summed E-state index contributed by atoms with van der Waals surface area (Å²) in [7, 11) is 0. The van der Waals surface area contributed by atoms with Gasteiger partial charge in [-0.15, -0.1) is 0 Å². The average molecular weight is 233 g/mol. The summed E-state index contributed by atoms with van der Waals surface area (Å²) in [5.41, 5.74) is 0.678. The van der Waals surface area contributed by atoms with E-state index in [4.69, 9.17) is 21.4 Å². The van der Waals surface area contributed by atoms with Crippen LogP contribution in [0.3, 0.4) is 0 Å². The van der Waals surface area contributed by atoms with E-state index in [0.29, 0.717) is 17.3 Å². The summed E-state index contributed by atoms with van der Waals surface area (Å²) < 4.78 is 6.53. The predicted molar refractivity (Wildman–Crippen MR) is 55.0 cm³/mol. The number of hydrogen-bond donors (Lipinski definition) is 1. The van der Waals surface area contributed by atoms with Gasteiger partial charge >= 0.3 is 5.97 Å². The number of aliphatic carboxylic acids is 1. The van der Waals surface area contributed by atoms with E-state index < -0.39 is 12.1 Å². The van der Waals surface area contributed by atoms with Gasteiger partial charge in [0, 0.05) is 12.8 Å². The summed E-state index contributed by atoms with van der Waals surface area (Å²) in [5, 5.41) is 13.4. The number of aryl methyl sites for hydroxylation is 1. The Bertz CT molecular complexity index is 332. The fourth-order valence-electron chi connectivity index (χ4n) is 1.16. The van der Waals surface area contributed by atoms with E-state index in [1.54, 1.807) is 20.0 Å². The largest absolute Gasteiger partial charge is 0.479 e. The van der Waals surface area contributed by atoms with Crippen molar-refractivity contribution in [2.24, 2.45) is 0 Å². The van der Waals surface area contributed by atoms with E-state index in [-0.39, 0.29) is 6.54 Å². The highest BCUT2D eigenvalue weighted by Crippen LogP contribution is 2.12. The van der Waals surface area contributed by atoms with Crippen LogP contribution in [0.4, 0.5) is 0 Å². The number of hydrogen-bond acceptors (Lipinski definition) is 3. The third kappa shape index (κ3) is 3.21. The lowest BCUT2D eigenvalue weighted by atomic mass is 10.3. The molecule has 1 aromatic rings. The van der Waals surface area contributed by atoms with E-state index in [9.17, 15) is 4.79 Å². The van der Waals surface area contributed by atoms with E-state index in [1.165, 1.54) is 4.68 Å². The standard InChI is InChI=1S/C9H13ClN2O3/c1-3-15-8(9(13)14)5-12-4-7(10)6(2)11-12/h4,8H,3,5H2,1-2H3,(H,13,14). The van der Waals surface area contributed by atoms with Crippen molar-refractivity contribution >= 4 is 17.6 Å². The third-order valence-electron chi connectivity index (χ3n) is 1.88. The topological polar surface area (TPSA) is 64.4 Å². The lowest BCUT2D eigenvalue weighted by molar-refractivity contribution is -0.151. The fourth-order valence-corrected chi connectivity index (χ4v) is 1.31. The molecule has 0 aromatic carbocycles. The fraction of sp³-hybridized carbons (Fsp3) is 0.556. The van der Waals surface area contributed by atoms with Gasteiger partial charge in [-0.2, -0.15) is 5.10 Å². The van der Waals surface area contributed by atoms with E-state index in [2.05, 4.69) is 5.10 Å². The van der Waals surface area contributed by atoms with Gasteiger partial charge in [-0.05, 0) is 13.8 Å². The minimum Gasteiger partial charge on any atom is -0.479 e. The van der Waals surface area contributed by atoms with Crippen LogP contribution in [0.1, 0.15) is 12.6 Å². The third-order valence-corrected chi connectivity index (χ3v) is 2.25. The molecule has 1 unspecified atom stereocenters. The molecule has 1 aromatic heterocycles. The molecular weight excluding hydrogens is 220 g/mol. The summed E-state index contributed by atoms with van der Waals surface area (Å²) in [4.78, 5) is 10.8. The smallest absolute Gasteiger partial charge is 0.334 e. The number of carbonyl (C=O) groups is 1. The number of carboxylic acid groups (broad SMARTS) is 1. The van der Waals surface area contributed by atoms with Gasteiger partial charge in [0.15, 0.2) is 6.10 Å². The highest BCUT2D eigenvalue weighted by molar-refractivity contribution is 6.31. The highest BCUT2D eigenvalue weighted by atomic mass is 35.5. The molecule has 0 aliphatic rings. The Morgan fingerprint density at radius 2 is 2.47 bits per heavy atom. The molecule has 0 fully saturated rings. The number of rotatable bonds is 5. The van der Waals surface area contributed by atoms with Gasteiger partial charge in [-0.25, -0.2) is 4.79 Å². The quantitative estimate of drug-likeness (QED) is 0.832. The van der Waals surface area contributed by atoms with Gasteiger partial charge in [0.1, 0.15) is 0 Å². The SMILES string of the molecule is CCOC(Cn1cc(Cl)c(C)n1)C(=O)O. The minimum absolute atomic E-state index is 0.163. The molecule has 84 valence electrons. The zero-order chi connectivity index (χ0) is 11.4. The molecule has 0 saturated carbocycles. The van der Waals surface area contributed by atoms with Crippen molar-refractivity contribution in [1.29, 1.82) is 0 Å². The molecular formula is C9H13ClN2O3. The van der Waals surface area contributed by atoms with E-state index in [0.717, 1.165) is 0 Å². The van der Waals surface area contributed by atoms with Crippen LogP contribution >= 0.6 is 11.6 Å². The number of ether oxygens (including phenoxy) is 1. The predicted octanol–water partition coefficient (Wildman–Crippen LogP) is 1.33. The van der Waals surface area contributed by atoms with Gasteiger partial charge in [0.05, 0.1) is 17.3 Å². The van der Waals surface area contributed by atoms with Crippen molar-refractivity contribution in [1.82, 2.24) is 9.78 Å². The van der Waals surface area contributed by atoms with Crippen LogP contribution in [0.15, 0.2) is 6.20 Å². The zero-order valence-corrected chi connectivity index (χ0v) is 9.36. The van der Waals surface area contributed by atoms with Crippen molar-refractivity contribution in [3.05, 3.63) is 16.9 Å². The number of carboxylic acids is 1. The highest BCUT2D eigenvalue weighted by Gasteiger charge is 2.18. The molecule has 0 radical (unpaired) electrons. The molecule has 1 N–H and O–H groups in total. The number of halogens is 1. The van der Waals surface area contributed by atoms with Gasteiger partial charge in [0.25, 0.3) is 0 Å². The molecule has 1 heterocycles. The molecule has 6 heteroatoms.